The van der Waals surface area contributed by atoms with E-state index in [1.54, 1.807) is 14.2 Å². The summed E-state index contributed by atoms with van der Waals surface area (Å²) in [6.45, 7) is 9.45. The largest absolute Gasteiger partial charge is 0.382 e. The summed E-state index contributed by atoms with van der Waals surface area (Å²) in [4.78, 5) is 14.6. The molecule has 0 radical (unpaired) electrons. The molecule has 5 nitrogen and oxygen atoms in total. The van der Waals surface area contributed by atoms with Crippen molar-refractivity contribution in [2.45, 2.75) is 58.3 Å². The molecule has 1 aliphatic rings. The van der Waals surface area contributed by atoms with Gasteiger partial charge >= 0.3 is 0 Å². The van der Waals surface area contributed by atoms with Gasteiger partial charge in [-0.15, -0.1) is 0 Å². The first-order valence-corrected chi connectivity index (χ1v) is 7.48. The Morgan fingerprint density at radius 2 is 2.05 bits per heavy atom. The average molecular weight is 286 g/mol. The molecule has 5 heteroatoms. The minimum absolute atomic E-state index is 0.0837. The Morgan fingerprint density at radius 1 is 1.40 bits per heavy atom. The van der Waals surface area contributed by atoms with Crippen LogP contribution in [0.2, 0.25) is 0 Å². The average Bonchev–Trinajstić information content (AvgIpc) is 2.62. The Morgan fingerprint density at radius 3 is 2.50 bits per heavy atom. The molecule has 20 heavy (non-hydrogen) atoms. The van der Waals surface area contributed by atoms with E-state index >= 15 is 0 Å². The molecule has 1 N–H and O–H groups in total. The van der Waals surface area contributed by atoms with Gasteiger partial charge in [-0.25, -0.2) is 0 Å². The molecule has 118 valence electrons. The predicted octanol–water partition coefficient (Wildman–Crippen LogP) is 1.62. The van der Waals surface area contributed by atoms with Crippen LogP contribution >= 0.6 is 0 Å². The van der Waals surface area contributed by atoms with Crippen molar-refractivity contribution in [1.29, 1.82) is 0 Å². The van der Waals surface area contributed by atoms with E-state index in [0.29, 0.717) is 19.1 Å². The summed E-state index contributed by atoms with van der Waals surface area (Å²) in [5.41, 5.74) is -0.453. The number of carbonyl (C=O) groups excluding carboxylic acids is 1. The summed E-state index contributed by atoms with van der Waals surface area (Å²) < 4.78 is 10.6. The number of amides is 1. The predicted molar refractivity (Wildman–Crippen MR) is 79.5 cm³/mol. The monoisotopic (exact) mass is 286 g/mol. The number of ether oxygens (including phenoxy) is 2. The summed E-state index contributed by atoms with van der Waals surface area (Å²) in [6.07, 6.45) is 1.74. The Hall–Kier alpha value is -0.650. The van der Waals surface area contributed by atoms with E-state index in [2.05, 4.69) is 19.2 Å². The molecule has 1 heterocycles. The number of methoxy groups -OCH3 is 2. The molecule has 1 rings (SSSR count). The van der Waals surface area contributed by atoms with Gasteiger partial charge in [0.2, 0.25) is 5.91 Å². The molecule has 0 aromatic carbocycles. The van der Waals surface area contributed by atoms with E-state index in [9.17, 15) is 4.79 Å². The summed E-state index contributed by atoms with van der Waals surface area (Å²) in [5.74, 6) is 0.703. The molecule has 3 unspecified atom stereocenters. The van der Waals surface area contributed by atoms with Crippen molar-refractivity contribution in [1.82, 2.24) is 10.2 Å². The third kappa shape index (κ3) is 3.93. The van der Waals surface area contributed by atoms with Gasteiger partial charge in [-0.1, -0.05) is 20.8 Å². The first kappa shape index (κ1) is 17.4. The van der Waals surface area contributed by atoms with Crippen LogP contribution in [0.25, 0.3) is 0 Å². The fourth-order valence-corrected chi connectivity index (χ4v) is 2.66. The smallest absolute Gasteiger partial charge is 0.243 e. The van der Waals surface area contributed by atoms with Gasteiger partial charge in [0.05, 0.1) is 31.0 Å². The highest BCUT2D eigenvalue weighted by atomic mass is 16.5. The quantitative estimate of drug-likeness (QED) is 0.737. The summed E-state index contributed by atoms with van der Waals surface area (Å²) >= 11 is 0. The number of carbonyl (C=O) groups is 1. The van der Waals surface area contributed by atoms with Gasteiger partial charge in [0, 0.05) is 14.2 Å². The van der Waals surface area contributed by atoms with Crippen molar-refractivity contribution in [2.24, 2.45) is 5.92 Å². The number of hydrogen-bond acceptors (Lipinski definition) is 4. The fraction of sp³-hybridized carbons (Fsp3) is 0.933. The Kier molecular flexibility index (Phi) is 6.43. The van der Waals surface area contributed by atoms with Crippen LogP contribution in [0.3, 0.4) is 0 Å². The molecule has 1 aliphatic heterocycles. The van der Waals surface area contributed by atoms with Crippen LogP contribution in [-0.2, 0) is 14.3 Å². The number of hydrogen-bond donors (Lipinski definition) is 1. The molecule has 1 fully saturated rings. The highest BCUT2D eigenvalue weighted by Gasteiger charge is 2.47. The second-order valence-corrected chi connectivity index (χ2v) is 6.25. The standard InChI is InChI=1S/C15H30N2O3/c1-7-15(4)14(18)17(9-12(20-6)10-19-5)13(16-15)8-11(2)3/h11-13,16H,7-10H2,1-6H3. The SMILES string of the molecule is CCC1(C)NC(CC(C)C)N(CC(COC)OC)C1=O. The summed E-state index contributed by atoms with van der Waals surface area (Å²) in [6, 6.07) is 0. The molecule has 0 bridgehead atoms. The summed E-state index contributed by atoms with van der Waals surface area (Å²) in [5, 5.41) is 3.50. The first-order valence-electron chi connectivity index (χ1n) is 7.48. The molecule has 1 saturated heterocycles. The Bertz CT molecular complexity index is 322. The topological polar surface area (TPSA) is 50.8 Å². The van der Waals surface area contributed by atoms with Crippen molar-refractivity contribution < 1.29 is 14.3 Å². The molecule has 0 aromatic heterocycles. The summed E-state index contributed by atoms with van der Waals surface area (Å²) in [7, 11) is 3.31. The Labute approximate surface area is 123 Å². The minimum atomic E-state index is -0.453. The number of rotatable bonds is 8. The van der Waals surface area contributed by atoms with Crippen LogP contribution in [0.15, 0.2) is 0 Å². The minimum Gasteiger partial charge on any atom is -0.382 e. The van der Waals surface area contributed by atoms with Crippen LogP contribution in [-0.4, -0.2) is 56.0 Å². The van der Waals surface area contributed by atoms with Crippen molar-refractivity contribution in [3.05, 3.63) is 0 Å². The van der Waals surface area contributed by atoms with Crippen molar-refractivity contribution in [3.8, 4) is 0 Å². The molecule has 0 spiro atoms. The third-order valence-electron chi connectivity index (χ3n) is 4.08. The first-order chi connectivity index (χ1) is 9.37. The molecule has 0 aromatic rings. The van der Waals surface area contributed by atoms with Gasteiger partial charge in [-0.05, 0) is 25.7 Å². The zero-order valence-electron chi connectivity index (χ0n) is 13.7. The second kappa shape index (κ2) is 7.38. The maximum absolute atomic E-state index is 12.7. The number of nitrogens with zero attached hydrogens (tertiary/aromatic N) is 1. The highest BCUT2D eigenvalue weighted by Crippen LogP contribution is 2.27. The van der Waals surface area contributed by atoms with E-state index in [1.165, 1.54) is 0 Å². The van der Waals surface area contributed by atoms with E-state index in [0.717, 1.165) is 12.8 Å². The molecular weight excluding hydrogens is 256 g/mol. The molecular formula is C15H30N2O3. The maximum atomic E-state index is 12.7. The lowest BCUT2D eigenvalue weighted by Gasteiger charge is -2.28. The van der Waals surface area contributed by atoms with Crippen molar-refractivity contribution >= 4 is 5.91 Å². The zero-order valence-corrected chi connectivity index (χ0v) is 13.7. The third-order valence-corrected chi connectivity index (χ3v) is 4.08. The van der Waals surface area contributed by atoms with Gasteiger partial charge in [-0.2, -0.15) is 0 Å². The zero-order chi connectivity index (χ0) is 15.3. The lowest BCUT2D eigenvalue weighted by atomic mass is 9.99. The molecule has 3 atom stereocenters. The van der Waals surface area contributed by atoms with Crippen molar-refractivity contribution in [3.63, 3.8) is 0 Å². The lowest BCUT2D eigenvalue weighted by Crippen LogP contribution is -2.44. The van der Waals surface area contributed by atoms with E-state index < -0.39 is 5.54 Å². The van der Waals surface area contributed by atoms with Crippen LogP contribution in [0.1, 0.15) is 40.5 Å². The van der Waals surface area contributed by atoms with Gasteiger partial charge in [0.15, 0.2) is 0 Å². The van der Waals surface area contributed by atoms with Gasteiger partial charge in [0.1, 0.15) is 0 Å². The maximum Gasteiger partial charge on any atom is 0.243 e. The van der Waals surface area contributed by atoms with Gasteiger partial charge < -0.3 is 14.4 Å². The van der Waals surface area contributed by atoms with Gasteiger partial charge in [0.25, 0.3) is 0 Å². The molecule has 0 aliphatic carbocycles. The fourth-order valence-electron chi connectivity index (χ4n) is 2.66. The van der Waals surface area contributed by atoms with Crippen LogP contribution in [0, 0.1) is 5.92 Å². The normalized spacial score (nSPS) is 28.4. The van der Waals surface area contributed by atoms with E-state index in [4.69, 9.17) is 9.47 Å². The van der Waals surface area contributed by atoms with E-state index in [1.807, 2.05) is 18.7 Å². The van der Waals surface area contributed by atoms with Crippen molar-refractivity contribution in [2.75, 3.05) is 27.4 Å². The number of nitrogens with one attached hydrogen (secondary N) is 1. The van der Waals surface area contributed by atoms with Crippen LogP contribution in [0.5, 0.6) is 0 Å². The lowest BCUT2D eigenvalue weighted by molar-refractivity contribution is -0.135. The molecule has 0 saturated carbocycles. The highest BCUT2D eigenvalue weighted by molar-refractivity contribution is 5.88. The second-order valence-electron chi connectivity index (χ2n) is 6.25. The Balaban J connectivity index is 2.83. The van der Waals surface area contributed by atoms with E-state index in [-0.39, 0.29) is 18.2 Å². The van der Waals surface area contributed by atoms with Crippen LogP contribution in [0.4, 0.5) is 0 Å². The van der Waals surface area contributed by atoms with Gasteiger partial charge in [-0.3, -0.25) is 10.1 Å². The van der Waals surface area contributed by atoms with Crippen LogP contribution < -0.4 is 5.32 Å². The molecule has 1 amide bonds.